The molecule has 0 bridgehead atoms. The third kappa shape index (κ3) is 22.8. The number of unbranched alkanes of at least 4 members (excludes halogenated alkanes) is 23. The van der Waals surface area contributed by atoms with E-state index in [1.165, 1.54) is 161 Å². The average molecular weight is 552 g/mol. The lowest BCUT2D eigenvalue weighted by molar-refractivity contribution is -0.155. The Hall–Kier alpha value is -0.570. The summed E-state index contributed by atoms with van der Waals surface area (Å²) in [7, 11) is 0. The Balaban J connectivity index is 4.53. The van der Waals surface area contributed by atoms with Gasteiger partial charge in [0.05, 0.1) is 5.92 Å². The van der Waals surface area contributed by atoms with E-state index in [4.69, 9.17) is 10.7 Å². The summed E-state index contributed by atoms with van der Waals surface area (Å²) in [5.74, 6) is 5.25. The van der Waals surface area contributed by atoms with Crippen LogP contribution in [-0.2, 0) is 9.63 Å². The summed E-state index contributed by atoms with van der Waals surface area (Å²) in [5, 5.41) is 0. The van der Waals surface area contributed by atoms with Crippen molar-refractivity contribution < 1.29 is 9.63 Å². The van der Waals surface area contributed by atoms with Gasteiger partial charge in [-0.05, 0) is 24.7 Å². The van der Waals surface area contributed by atoms with Crippen LogP contribution >= 0.6 is 0 Å². The Morgan fingerprint density at radius 3 is 1.10 bits per heavy atom. The molecule has 0 fully saturated rings. The molecular formula is C36H73NO2. The molecule has 0 saturated carbocycles. The Bertz CT molecular complexity index is 508. The van der Waals surface area contributed by atoms with Crippen LogP contribution in [0.1, 0.15) is 214 Å². The molecule has 2 atom stereocenters. The van der Waals surface area contributed by atoms with Crippen molar-refractivity contribution >= 4 is 5.97 Å². The first-order valence-corrected chi connectivity index (χ1v) is 18.0. The van der Waals surface area contributed by atoms with Gasteiger partial charge in [0, 0.05) is 0 Å². The standard InChI is InChI=1S/C36H73NO2/c1-5-8-11-14-16-18-20-21-23-25-27-30-33-36(4,34(35(38)39-37)31-28-13-10-7-3)32-29-26-24-22-19-17-15-12-9-6-2/h34H,5-33,37H2,1-4H3. The van der Waals surface area contributed by atoms with Gasteiger partial charge in [-0.15, -0.1) is 0 Å². The lowest BCUT2D eigenvalue weighted by Gasteiger charge is -2.36. The molecule has 39 heavy (non-hydrogen) atoms. The molecule has 0 aromatic carbocycles. The van der Waals surface area contributed by atoms with Crippen molar-refractivity contribution in [1.29, 1.82) is 0 Å². The minimum Gasteiger partial charge on any atom is -0.373 e. The minimum atomic E-state index is -0.167. The monoisotopic (exact) mass is 552 g/mol. The van der Waals surface area contributed by atoms with Gasteiger partial charge in [0.15, 0.2) is 0 Å². The van der Waals surface area contributed by atoms with Crippen LogP contribution in [0, 0.1) is 11.3 Å². The molecule has 0 aromatic heterocycles. The van der Waals surface area contributed by atoms with Gasteiger partial charge < -0.3 is 4.84 Å². The third-order valence-electron chi connectivity index (χ3n) is 9.29. The summed E-state index contributed by atoms with van der Waals surface area (Å²) in [6, 6.07) is 0. The number of hydrogen-bond acceptors (Lipinski definition) is 3. The highest BCUT2D eigenvalue weighted by molar-refractivity contribution is 5.73. The normalized spacial score (nSPS) is 13.9. The lowest BCUT2D eigenvalue weighted by atomic mass is 9.68. The largest absolute Gasteiger partial charge is 0.373 e. The molecule has 2 N–H and O–H groups in total. The van der Waals surface area contributed by atoms with Gasteiger partial charge in [0.1, 0.15) is 0 Å². The fourth-order valence-electron chi connectivity index (χ4n) is 6.47. The van der Waals surface area contributed by atoms with Crippen LogP contribution in [0.15, 0.2) is 0 Å². The van der Waals surface area contributed by atoms with Crippen molar-refractivity contribution in [2.45, 2.75) is 214 Å². The van der Waals surface area contributed by atoms with Crippen molar-refractivity contribution in [3.8, 4) is 0 Å². The molecule has 0 aliphatic heterocycles. The molecule has 234 valence electrons. The summed E-state index contributed by atoms with van der Waals surface area (Å²) in [6.07, 6.45) is 38.0. The molecule has 0 aromatic rings. The second-order valence-corrected chi connectivity index (χ2v) is 13.1. The molecule has 0 rings (SSSR count). The van der Waals surface area contributed by atoms with E-state index in [0.717, 1.165) is 25.7 Å². The maximum Gasteiger partial charge on any atom is 0.328 e. The second kappa shape index (κ2) is 28.9. The SMILES string of the molecule is CCCCCCCCCCCCCCC(C)(CCCCCCCCCCCC)C(CCCCCC)C(=O)ON. The highest BCUT2D eigenvalue weighted by Crippen LogP contribution is 2.42. The van der Waals surface area contributed by atoms with E-state index in [1.54, 1.807) is 0 Å². The van der Waals surface area contributed by atoms with E-state index in [2.05, 4.69) is 27.7 Å². The third-order valence-corrected chi connectivity index (χ3v) is 9.29. The minimum absolute atomic E-state index is 0.0152. The first kappa shape index (κ1) is 38.4. The van der Waals surface area contributed by atoms with E-state index in [0.29, 0.717) is 0 Å². The second-order valence-electron chi connectivity index (χ2n) is 13.1. The molecule has 0 amide bonds. The number of nitrogens with two attached hydrogens (primary N) is 1. The van der Waals surface area contributed by atoms with Crippen molar-refractivity contribution in [3.05, 3.63) is 0 Å². The van der Waals surface area contributed by atoms with Gasteiger partial charge in [-0.2, -0.15) is 5.90 Å². The maximum atomic E-state index is 12.9. The van der Waals surface area contributed by atoms with Crippen molar-refractivity contribution in [2.75, 3.05) is 0 Å². The smallest absolute Gasteiger partial charge is 0.328 e. The van der Waals surface area contributed by atoms with Crippen molar-refractivity contribution in [3.63, 3.8) is 0 Å². The maximum absolute atomic E-state index is 12.9. The predicted molar refractivity (Wildman–Crippen MR) is 173 cm³/mol. The predicted octanol–water partition coefficient (Wildman–Crippen LogP) is 12.4. The topological polar surface area (TPSA) is 52.3 Å². The van der Waals surface area contributed by atoms with E-state index in [1.807, 2.05) is 0 Å². The van der Waals surface area contributed by atoms with Gasteiger partial charge in [0.2, 0.25) is 0 Å². The molecule has 0 aliphatic carbocycles. The molecule has 0 saturated heterocycles. The lowest BCUT2D eigenvalue weighted by Crippen LogP contribution is -2.36. The summed E-state index contributed by atoms with van der Waals surface area (Å²) in [4.78, 5) is 17.8. The molecule has 0 aliphatic rings. The van der Waals surface area contributed by atoms with Crippen LogP contribution in [-0.4, -0.2) is 5.97 Å². The van der Waals surface area contributed by atoms with Crippen LogP contribution in [0.25, 0.3) is 0 Å². The van der Waals surface area contributed by atoms with Crippen LogP contribution in [0.4, 0.5) is 0 Å². The Labute approximate surface area is 246 Å². The molecule has 0 spiro atoms. The van der Waals surface area contributed by atoms with Crippen LogP contribution in [0.2, 0.25) is 0 Å². The summed E-state index contributed by atoms with van der Waals surface area (Å²) >= 11 is 0. The van der Waals surface area contributed by atoms with Gasteiger partial charge in [-0.3, -0.25) is 4.79 Å². The van der Waals surface area contributed by atoms with Crippen LogP contribution in [0.3, 0.4) is 0 Å². The zero-order chi connectivity index (χ0) is 28.9. The molecule has 3 nitrogen and oxygen atoms in total. The Morgan fingerprint density at radius 1 is 0.513 bits per heavy atom. The van der Waals surface area contributed by atoms with E-state index < -0.39 is 0 Å². The van der Waals surface area contributed by atoms with E-state index >= 15 is 0 Å². The van der Waals surface area contributed by atoms with Gasteiger partial charge in [0.25, 0.3) is 0 Å². The fourth-order valence-corrected chi connectivity index (χ4v) is 6.47. The highest BCUT2D eigenvalue weighted by Gasteiger charge is 2.38. The quantitative estimate of drug-likeness (QED) is 0.0688. The zero-order valence-electron chi connectivity index (χ0n) is 27.5. The molecule has 3 heteroatoms. The average Bonchev–Trinajstić information content (AvgIpc) is 2.94. The van der Waals surface area contributed by atoms with Crippen molar-refractivity contribution in [2.24, 2.45) is 17.2 Å². The first-order chi connectivity index (χ1) is 19.1. The molecule has 0 radical (unpaired) electrons. The number of hydrogen-bond donors (Lipinski definition) is 1. The van der Waals surface area contributed by atoms with Gasteiger partial charge >= 0.3 is 5.97 Å². The first-order valence-electron chi connectivity index (χ1n) is 18.0. The zero-order valence-corrected chi connectivity index (χ0v) is 27.5. The van der Waals surface area contributed by atoms with Gasteiger partial charge in [-0.25, -0.2) is 0 Å². The van der Waals surface area contributed by atoms with Crippen molar-refractivity contribution in [1.82, 2.24) is 0 Å². The van der Waals surface area contributed by atoms with E-state index in [-0.39, 0.29) is 17.3 Å². The molecule has 2 unspecified atom stereocenters. The molecular weight excluding hydrogens is 478 g/mol. The van der Waals surface area contributed by atoms with Gasteiger partial charge in [-0.1, -0.05) is 195 Å². The Morgan fingerprint density at radius 2 is 0.795 bits per heavy atom. The highest BCUT2D eigenvalue weighted by atomic mass is 16.7. The summed E-state index contributed by atoms with van der Waals surface area (Å²) < 4.78 is 0. The number of carbonyl (C=O) groups is 1. The number of carbonyl (C=O) groups excluding carboxylic acids is 1. The van der Waals surface area contributed by atoms with Crippen LogP contribution in [0.5, 0.6) is 0 Å². The summed E-state index contributed by atoms with van der Waals surface area (Å²) in [6.45, 7) is 9.20. The number of rotatable bonds is 31. The fraction of sp³-hybridized carbons (Fsp3) is 0.972. The van der Waals surface area contributed by atoms with Crippen LogP contribution < -0.4 is 5.90 Å². The van der Waals surface area contributed by atoms with E-state index in [9.17, 15) is 4.79 Å². The molecule has 0 heterocycles. The summed E-state index contributed by atoms with van der Waals surface area (Å²) in [5.41, 5.74) is 0.0152. The Kier molecular flexibility index (Phi) is 28.5.